The Bertz CT molecular complexity index is 1600. The number of rotatable bonds is 6. The van der Waals surface area contributed by atoms with Crippen molar-refractivity contribution in [3.8, 4) is 34.9 Å². The van der Waals surface area contributed by atoms with Gasteiger partial charge >= 0.3 is 6.18 Å². The number of alkyl halides is 3. The average molecular weight is 536 g/mol. The Hall–Kier alpha value is -4.23. The zero-order valence-electron chi connectivity index (χ0n) is 21.0. The molecule has 3 aromatic carbocycles. The van der Waals surface area contributed by atoms with Crippen LogP contribution in [0.25, 0.3) is 22.0 Å². The third-order valence-electron chi connectivity index (χ3n) is 6.09. The lowest BCUT2D eigenvalue weighted by molar-refractivity contribution is -0.0696. The maximum absolute atomic E-state index is 14.7. The Morgan fingerprint density at radius 2 is 1.51 bits per heavy atom. The topological polar surface area (TPSA) is 12.9 Å². The molecule has 0 fully saturated rings. The van der Waals surface area contributed by atoms with E-state index < -0.39 is 34.6 Å². The summed E-state index contributed by atoms with van der Waals surface area (Å²) in [6.07, 6.45) is 2.74. The quantitative estimate of drug-likeness (QED) is 0.137. The van der Waals surface area contributed by atoms with Crippen LogP contribution in [0.1, 0.15) is 54.9 Å². The van der Waals surface area contributed by atoms with E-state index >= 15 is 0 Å². The van der Waals surface area contributed by atoms with Gasteiger partial charge in [0, 0.05) is 28.8 Å². The molecule has 0 bridgehead atoms. The van der Waals surface area contributed by atoms with Crippen molar-refractivity contribution >= 4 is 10.8 Å². The molecule has 39 heavy (non-hydrogen) atoms. The van der Waals surface area contributed by atoms with E-state index in [1.54, 1.807) is 12.1 Å². The minimum absolute atomic E-state index is 0.146. The highest BCUT2D eigenvalue weighted by atomic mass is 19.4. The molecule has 7 heteroatoms. The number of nitrogens with zero attached hydrogens (tertiary/aromatic N) is 1. The molecule has 0 amide bonds. The van der Waals surface area contributed by atoms with Crippen LogP contribution in [0.5, 0.6) is 0 Å². The van der Waals surface area contributed by atoms with E-state index in [9.17, 15) is 26.3 Å². The van der Waals surface area contributed by atoms with Gasteiger partial charge in [-0.15, -0.1) is 0 Å². The molecule has 0 aliphatic carbocycles. The van der Waals surface area contributed by atoms with E-state index in [4.69, 9.17) is 0 Å². The molecule has 198 valence electrons. The highest BCUT2D eigenvalue weighted by molar-refractivity contribution is 5.87. The van der Waals surface area contributed by atoms with Crippen LogP contribution in [0.4, 0.5) is 26.3 Å². The van der Waals surface area contributed by atoms with Crippen molar-refractivity contribution in [3.05, 3.63) is 100 Å². The normalized spacial score (nSPS) is 11.1. The first-order chi connectivity index (χ1) is 18.6. The molecule has 0 aliphatic heterocycles. The van der Waals surface area contributed by atoms with Gasteiger partial charge in [-0.25, -0.2) is 13.2 Å². The molecule has 0 spiro atoms. The van der Waals surface area contributed by atoms with Crippen molar-refractivity contribution in [2.45, 2.75) is 45.2 Å². The van der Waals surface area contributed by atoms with Crippen molar-refractivity contribution in [1.29, 1.82) is 0 Å². The third kappa shape index (κ3) is 7.21. The van der Waals surface area contributed by atoms with Crippen LogP contribution in [-0.2, 0) is 6.42 Å². The molecule has 0 N–H and O–H groups in total. The summed E-state index contributed by atoms with van der Waals surface area (Å²) < 4.78 is 80.6. The number of benzene rings is 3. The van der Waals surface area contributed by atoms with Crippen LogP contribution in [0, 0.1) is 41.1 Å². The predicted molar refractivity (Wildman–Crippen MR) is 140 cm³/mol. The summed E-state index contributed by atoms with van der Waals surface area (Å²) >= 11 is 0. The fourth-order valence-corrected chi connectivity index (χ4v) is 4.10. The second-order valence-corrected chi connectivity index (χ2v) is 9.04. The van der Waals surface area contributed by atoms with Gasteiger partial charge in [-0.3, -0.25) is 4.98 Å². The fraction of sp³-hybridized carbons (Fsp3) is 0.219. The van der Waals surface area contributed by atoms with Gasteiger partial charge in [0.1, 0.15) is 11.6 Å². The van der Waals surface area contributed by atoms with Crippen LogP contribution in [0.15, 0.2) is 60.8 Å². The summed E-state index contributed by atoms with van der Waals surface area (Å²) in [6, 6.07) is 14.3. The Labute approximate surface area is 222 Å². The lowest BCUT2D eigenvalue weighted by atomic mass is 10.0. The fourth-order valence-electron chi connectivity index (χ4n) is 4.10. The molecule has 4 aromatic rings. The largest absolute Gasteiger partial charge is 0.458 e. The molecule has 0 unspecified atom stereocenters. The number of pyridine rings is 1. The van der Waals surface area contributed by atoms with Crippen molar-refractivity contribution < 1.29 is 26.3 Å². The molecular formula is C32H23F6N. The first-order valence-electron chi connectivity index (χ1n) is 12.4. The molecule has 4 rings (SSSR count). The highest BCUT2D eigenvalue weighted by Crippen LogP contribution is 2.28. The van der Waals surface area contributed by atoms with E-state index in [0.29, 0.717) is 5.56 Å². The van der Waals surface area contributed by atoms with Crippen LogP contribution in [0.3, 0.4) is 0 Å². The molecule has 0 aliphatic rings. The van der Waals surface area contributed by atoms with Crippen LogP contribution < -0.4 is 0 Å². The number of hydrogen-bond donors (Lipinski definition) is 0. The lowest BCUT2D eigenvalue weighted by Gasteiger charge is -2.06. The van der Waals surface area contributed by atoms with Gasteiger partial charge in [0.15, 0.2) is 5.82 Å². The SMILES string of the molecule is CCCCCCc1ccc(-c2ccc(C#Cc3cc(F)c4c(F)c(C#CC(F)(F)F)c(F)cc4c3)cc2)nc1. The third-order valence-corrected chi connectivity index (χ3v) is 6.09. The minimum atomic E-state index is -4.95. The number of hydrogen-bond acceptors (Lipinski definition) is 1. The summed E-state index contributed by atoms with van der Waals surface area (Å²) in [7, 11) is 0. The monoisotopic (exact) mass is 535 g/mol. The Balaban J connectivity index is 1.52. The number of aryl methyl sites for hydroxylation is 1. The molecule has 0 saturated heterocycles. The van der Waals surface area contributed by atoms with E-state index in [0.717, 1.165) is 42.2 Å². The smallest absolute Gasteiger partial charge is 0.256 e. The zero-order chi connectivity index (χ0) is 28.0. The van der Waals surface area contributed by atoms with E-state index in [2.05, 4.69) is 29.8 Å². The summed E-state index contributed by atoms with van der Waals surface area (Å²) in [6.45, 7) is 2.18. The molecule has 1 nitrogen and oxygen atoms in total. The average Bonchev–Trinajstić information content (AvgIpc) is 2.89. The number of unbranched alkanes of at least 4 members (excludes halogenated alkanes) is 3. The Morgan fingerprint density at radius 3 is 2.18 bits per heavy atom. The van der Waals surface area contributed by atoms with Crippen molar-refractivity contribution in [2.24, 2.45) is 0 Å². The summed E-state index contributed by atoms with van der Waals surface area (Å²) in [5, 5.41) is -0.834. The minimum Gasteiger partial charge on any atom is -0.256 e. The molecule has 1 aromatic heterocycles. The van der Waals surface area contributed by atoms with Gasteiger partial charge in [-0.1, -0.05) is 62.1 Å². The standard InChI is InChI=1S/C32H23F6N/c1-2-3-4-5-6-22-11-14-29(39-20-22)24-12-9-21(10-13-24)7-8-23-17-25-19-27(33)26(15-16-32(36,37)38)31(35)30(25)28(34)18-23/h9-14,17-20H,2-6H2,1H3. The van der Waals surface area contributed by atoms with E-state index in [-0.39, 0.29) is 10.9 Å². The summed E-state index contributed by atoms with van der Waals surface area (Å²) in [4.78, 5) is 4.55. The van der Waals surface area contributed by atoms with Gasteiger partial charge in [0.25, 0.3) is 0 Å². The molecule has 0 atom stereocenters. The van der Waals surface area contributed by atoms with E-state index in [1.165, 1.54) is 36.8 Å². The molecular weight excluding hydrogens is 512 g/mol. The van der Waals surface area contributed by atoms with Gasteiger partial charge in [-0.05, 0) is 60.2 Å². The van der Waals surface area contributed by atoms with Gasteiger partial charge in [-0.2, -0.15) is 13.2 Å². The summed E-state index contributed by atoms with van der Waals surface area (Å²) in [5.74, 6) is 3.95. The van der Waals surface area contributed by atoms with Crippen molar-refractivity contribution in [2.75, 3.05) is 0 Å². The molecule has 1 heterocycles. The Morgan fingerprint density at radius 1 is 0.769 bits per heavy atom. The number of halogens is 6. The molecule has 0 saturated carbocycles. The van der Waals surface area contributed by atoms with Crippen molar-refractivity contribution in [3.63, 3.8) is 0 Å². The first kappa shape index (κ1) is 27.8. The van der Waals surface area contributed by atoms with Gasteiger partial charge < -0.3 is 0 Å². The Kier molecular flexibility index (Phi) is 8.62. The lowest BCUT2D eigenvalue weighted by Crippen LogP contribution is -2.03. The van der Waals surface area contributed by atoms with Crippen molar-refractivity contribution in [1.82, 2.24) is 4.98 Å². The van der Waals surface area contributed by atoms with Crippen LogP contribution in [-0.4, -0.2) is 11.2 Å². The van der Waals surface area contributed by atoms with Crippen LogP contribution >= 0.6 is 0 Å². The van der Waals surface area contributed by atoms with Crippen LogP contribution in [0.2, 0.25) is 0 Å². The zero-order valence-corrected chi connectivity index (χ0v) is 21.0. The second kappa shape index (κ2) is 12.1. The maximum atomic E-state index is 14.7. The molecule has 0 radical (unpaired) electrons. The number of fused-ring (bicyclic) bond motifs is 1. The predicted octanol–water partition coefficient (Wildman–Crippen LogP) is 8.76. The summed E-state index contributed by atoms with van der Waals surface area (Å²) in [5.41, 5.74) is 2.56. The number of aromatic nitrogens is 1. The highest BCUT2D eigenvalue weighted by Gasteiger charge is 2.24. The first-order valence-corrected chi connectivity index (χ1v) is 12.4. The van der Waals surface area contributed by atoms with Gasteiger partial charge in [0.2, 0.25) is 0 Å². The maximum Gasteiger partial charge on any atom is 0.458 e. The van der Waals surface area contributed by atoms with E-state index in [1.807, 2.05) is 24.4 Å². The second-order valence-electron chi connectivity index (χ2n) is 9.04. The van der Waals surface area contributed by atoms with Gasteiger partial charge in [0.05, 0.1) is 16.6 Å².